The van der Waals surface area contributed by atoms with Crippen LogP contribution in [0.5, 0.6) is 0 Å². The maximum atomic E-state index is 4.49. The van der Waals surface area contributed by atoms with Crippen molar-refractivity contribution in [1.29, 1.82) is 0 Å². The monoisotopic (exact) mass is 276 g/mol. The summed E-state index contributed by atoms with van der Waals surface area (Å²) in [6.07, 6.45) is 2.97. The number of aryl methyl sites for hydroxylation is 1. The molecule has 2 aromatic carbocycles. The first-order chi connectivity index (χ1) is 10.1. The van der Waals surface area contributed by atoms with Crippen LogP contribution in [0, 0.1) is 6.92 Å². The average molecular weight is 276 g/mol. The highest BCUT2D eigenvalue weighted by atomic mass is 15.3. The van der Waals surface area contributed by atoms with E-state index in [-0.39, 0.29) is 0 Å². The average Bonchev–Trinajstić information content (AvgIpc) is 2.84. The number of hydrogen-bond donors (Lipinski definition) is 0. The number of aromatic nitrogens is 2. The summed E-state index contributed by atoms with van der Waals surface area (Å²) in [6, 6.07) is 15.2. The van der Waals surface area contributed by atoms with Gasteiger partial charge in [-0.1, -0.05) is 48.6 Å². The Kier molecular flexibility index (Phi) is 3.61. The molecule has 1 heterocycles. The molecule has 0 spiro atoms. The molecule has 3 rings (SSSR count). The van der Waals surface area contributed by atoms with Gasteiger partial charge in [0.05, 0.1) is 12.2 Å². The summed E-state index contributed by atoms with van der Waals surface area (Å²) in [4.78, 5) is 0. The Bertz CT molecular complexity index is 796. The molecule has 2 nitrogen and oxygen atoms in total. The summed E-state index contributed by atoms with van der Waals surface area (Å²) in [7, 11) is 0. The predicted molar refractivity (Wildman–Crippen MR) is 88.5 cm³/mol. The minimum atomic E-state index is 0.807. The fraction of sp³-hybridized carbons (Fsp3) is 0.211. The third kappa shape index (κ3) is 3.05. The van der Waals surface area contributed by atoms with Crippen molar-refractivity contribution in [1.82, 2.24) is 9.78 Å². The Hall–Kier alpha value is -2.35. The number of nitrogens with zero attached hydrogens (tertiary/aromatic N) is 2. The van der Waals surface area contributed by atoms with Crippen LogP contribution in [0.15, 0.2) is 60.8 Å². The maximum absolute atomic E-state index is 4.49. The van der Waals surface area contributed by atoms with Crippen LogP contribution in [0.4, 0.5) is 0 Å². The molecule has 106 valence electrons. The van der Waals surface area contributed by atoms with Gasteiger partial charge in [0, 0.05) is 6.20 Å². The van der Waals surface area contributed by atoms with E-state index in [4.69, 9.17) is 0 Å². The molecule has 0 aliphatic carbocycles. The van der Waals surface area contributed by atoms with Crippen molar-refractivity contribution in [2.45, 2.75) is 26.8 Å². The Morgan fingerprint density at radius 3 is 2.76 bits per heavy atom. The molecule has 0 radical (unpaired) electrons. The quantitative estimate of drug-likeness (QED) is 0.641. The van der Waals surface area contributed by atoms with Gasteiger partial charge < -0.3 is 0 Å². The molecule has 0 bridgehead atoms. The second-order valence-corrected chi connectivity index (χ2v) is 5.76. The van der Waals surface area contributed by atoms with E-state index in [9.17, 15) is 0 Å². The van der Waals surface area contributed by atoms with Gasteiger partial charge in [-0.25, -0.2) is 0 Å². The van der Waals surface area contributed by atoms with Crippen LogP contribution < -0.4 is 0 Å². The smallest absolute Gasteiger partial charge is 0.0665 e. The lowest BCUT2D eigenvalue weighted by Crippen LogP contribution is -2.01. The van der Waals surface area contributed by atoms with Crippen molar-refractivity contribution in [2.75, 3.05) is 0 Å². The van der Waals surface area contributed by atoms with Crippen LogP contribution in [-0.4, -0.2) is 9.78 Å². The lowest BCUT2D eigenvalue weighted by Gasteiger charge is -2.09. The molecule has 0 atom stereocenters. The molecular formula is C19H20N2. The lowest BCUT2D eigenvalue weighted by atomic mass is 9.99. The molecule has 0 saturated carbocycles. The SMILES string of the molecule is C=C(C)Cc1ccc2cccc(Cn3ccc(C)n3)c2c1. The lowest BCUT2D eigenvalue weighted by molar-refractivity contribution is 0.682. The van der Waals surface area contributed by atoms with Crippen molar-refractivity contribution in [3.05, 3.63) is 77.6 Å². The zero-order valence-electron chi connectivity index (χ0n) is 12.6. The molecule has 0 amide bonds. The third-order valence-electron chi connectivity index (χ3n) is 3.65. The van der Waals surface area contributed by atoms with Gasteiger partial charge in [-0.2, -0.15) is 5.10 Å². The fourth-order valence-corrected chi connectivity index (χ4v) is 2.71. The number of allylic oxidation sites excluding steroid dienone is 1. The molecule has 0 N–H and O–H groups in total. The Morgan fingerprint density at radius 2 is 2.05 bits per heavy atom. The van der Waals surface area contributed by atoms with Crippen LogP contribution in [0.25, 0.3) is 10.8 Å². The minimum absolute atomic E-state index is 0.807. The van der Waals surface area contributed by atoms with E-state index in [0.29, 0.717) is 0 Å². The highest BCUT2D eigenvalue weighted by molar-refractivity contribution is 5.86. The summed E-state index contributed by atoms with van der Waals surface area (Å²) < 4.78 is 2.00. The van der Waals surface area contributed by atoms with E-state index in [2.05, 4.69) is 55.0 Å². The molecular weight excluding hydrogens is 256 g/mol. The Balaban J connectivity index is 2.02. The molecule has 1 aromatic heterocycles. The van der Waals surface area contributed by atoms with Gasteiger partial charge in [0.2, 0.25) is 0 Å². The molecule has 3 aromatic rings. The Morgan fingerprint density at radius 1 is 1.19 bits per heavy atom. The van der Waals surface area contributed by atoms with Gasteiger partial charge in [-0.15, -0.1) is 0 Å². The first kappa shape index (κ1) is 13.6. The van der Waals surface area contributed by atoms with E-state index in [1.807, 2.05) is 23.9 Å². The standard InChI is InChI=1S/C19H20N2/c1-14(2)11-16-7-8-17-5-4-6-18(19(17)12-16)13-21-10-9-15(3)20-21/h4-10,12H,1,11,13H2,2-3H3. The number of hydrogen-bond acceptors (Lipinski definition) is 1. The second kappa shape index (κ2) is 5.57. The first-order valence-electron chi connectivity index (χ1n) is 7.27. The summed E-state index contributed by atoms with van der Waals surface area (Å²) in [5, 5.41) is 7.08. The van der Waals surface area contributed by atoms with E-state index < -0.39 is 0 Å². The minimum Gasteiger partial charge on any atom is -0.268 e. The largest absolute Gasteiger partial charge is 0.268 e. The molecule has 0 aliphatic heterocycles. The van der Waals surface area contributed by atoms with Crippen molar-refractivity contribution in [2.24, 2.45) is 0 Å². The fourth-order valence-electron chi connectivity index (χ4n) is 2.71. The maximum Gasteiger partial charge on any atom is 0.0665 e. The van der Waals surface area contributed by atoms with Gasteiger partial charge in [0.1, 0.15) is 0 Å². The van der Waals surface area contributed by atoms with E-state index >= 15 is 0 Å². The van der Waals surface area contributed by atoms with Crippen LogP contribution in [0.3, 0.4) is 0 Å². The van der Waals surface area contributed by atoms with Crippen LogP contribution in [-0.2, 0) is 13.0 Å². The molecule has 2 heteroatoms. The van der Waals surface area contributed by atoms with Crippen molar-refractivity contribution >= 4 is 10.8 Å². The van der Waals surface area contributed by atoms with Crippen molar-refractivity contribution < 1.29 is 0 Å². The first-order valence-corrected chi connectivity index (χ1v) is 7.27. The van der Waals surface area contributed by atoms with E-state index in [1.54, 1.807) is 0 Å². The van der Waals surface area contributed by atoms with Crippen LogP contribution >= 0.6 is 0 Å². The molecule has 0 unspecified atom stereocenters. The number of fused-ring (bicyclic) bond motifs is 1. The van der Waals surface area contributed by atoms with Crippen LogP contribution in [0.2, 0.25) is 0 Å². The van der Waals surface area contributed by atoms with Gasteiger partial charge in [-0.05, 0) is 48.2 Å². The normalized spacial score (nSPS) is 11.0. The number of rotatable bonds is 4. The zero-order valence-corrected chi connectivity index (χ0v) is 12.6. The van der Waals surface area contributed by atoms with E-state index in [1.165, 1.54) is 27.5 Å². The molecule has 0 fully saturated rings. The summed E-state index contributed by atoms with van der Waals surface area (Å²) in [6.45, 7) is 8.91. The predicted octanol–water partition coefficient (Wildman–Crippen LogP) is 4.51. The van der Waals surface area contributed by atoms with Gasteiger partial charge >= 0.3 is 0 Å². The number of benzene rings is 2. The zero-order chi connectivity index (χ0) is 14.8. The molecule has 21 heavy (non-hydrogen) atoms. The summed E-state index contributed by atoms with van der Waals surface area (Å²) >= 11 is 0. The van der Waals surface area contributed by atoms with Gasteiger partial charge in [0.25, 0.3) is 0 Å². The second-order valence-electron chi connectivity index (χ2n) is 5.76. The summed E-state index contributed by atoms with van der Waals surface area (Å²) in [5.74, 6) is 0. The Labute approximate surface area is 125 Å². The van der Waals surface area contributed by atoms with E-state index in [0.717, 1.165) is 18.7 Å². The molecule has 0 saturated heterocycles. The third-order valence-corrected chi connectivity index (χ3v) is 3.65. The topological polar surface area (TPSA) is 17.8 Å². The van der Waals surface area contributed by atoms with Crippen molar-refractivity contribution in [3.8, 4) is 0 Å². The summed E-state index contributed by atoms with van der Waals surface area (Å²) in [5.41, 5.74) is 4.87. The van der Waals surface area contributed by atoms with Crippen LogP contribution in [0.1, 0.15) is 23.7 Å². The highest BCUT2D eigenvalue weighted by Crippen LogP contribution is 2.22. The van der Waals surface area contributed by atoms with Crippen molar-refractivity contribution in [3.63, 3.8) is 0 Å². The molecule has 0 aliphatic rings. The van der Waals surface area contributed by atoms with Gasteiger partial charge in [0.15, 0.2) is 0 Å². The highest BCUT2D eigenvalue weighted by Gasteiger charge is 2.04. The van der Waals surface area contributed by atoms with Gasteiger partial charge in [-0.3, -0.25) is 4.68 Å².